The number of Topliss-reactive ketones (excluding diaryl/α,β-unsaturated/α-hetero) is 1. The maximum absolute atomic E-state index is 15.2. The van der Waals surface area contributed by atoms with Crippen LogP contribution in [0.2, 0.25) is 0 Å². The van der Waals surface area contributed by atoms with Gasteiger partial charge < -0.3 is 50.6 Å². The van der Waals surface area contributed by atoms with Gasteiger partial charge in [0.1, 0.15) is 17.4 Å². The van der Waals surface area contributed by atoms with Gasteiger partial charge in [-0.15, -0.1) is 0 Å². The van der Waals surface area contributed by atoms with Gasteiger partial charge >= 0.3 is 0 Å². The Balaban J connectivity index is 1.17. The summed E-state index contributed by atoms with van der Waals surface area (Å²) in [5.41, 5.74) is 4.81. The SMILES string of the molecule is COc1cc(CCC(=O)C(C(O)CCc2ccc(O)c3c2CCCO3)C2(C3=CCNC(Nc4ccc5cc(O)ccc5c4)=C3)CCCC2Cc2ccc[nH]2)cc(O)c1O. The standard InChI is InChI=1S/C48H53N3O8/c1-58-43-24-29(23-42(56)46(43)57)8-15-39(53)45(40(54)16-11-30-12-17-41(55)47-38(30)7-4-22-59-47)48(19-2-5-33(48)27-35-6-3-20-49-35)34-18-21-50-44(28-34)51-36-13-9-32-26-37(52)14-10-31(32)25-36/h3,6,9-10,12-14,17-18,20,23-26,28,33,40,45,49-52,54-57H,2,4-5,7-8,11,15-16,19,21-22,27H2,1H3. The van der Waals surface area contributed by atoms with Gasteiger partial charge in [-0.2, -0.15) is 0 Å². The lowest BCUT2D eigenvalue weighted by molar-refractivity contribution is -0.133. The number of aliphatic hydroxyl groups is 1. The molecule has 0 saturated heterocycles. The first kappa shape index (κ1) is 39.7. The number of aromatic hydroxyl groups is 4. The quantitative estimate of drug-likeness (QED) is 0.0485. The molecule has 308 valence electrons. The summed E-state index contributed by atoms with van der Waals surface area (Å²) in [7, 11) is 1.41. The molecule has 1 fully saturated rings. The van der Waals surface area contributed by atoms with E-state index in [1.54, 1.807) is 24.3 Å². The lowest BCUT2D eigenvalue weighted by Crippen LogP contribution is -2.48. The number of fused-ring (bicyclic) bond motifs is 2. The molecular formula is C48H53N3O8. The van der Waals surface area contributed by atoms with Crippen molar-refractivity contribution in [3.63, 3.8) is 0 Å². The van der Waals surface area contributed by atoms with E-state index in [1.165, 1.54) is 13.2 Å². The Hall–Kier alpha value is -6.07. The average molecular weight is 800 g/mol. The number of rotatable bonds is 15. The predicted octanol–water partition coefficient (Wildman–Crippen LogP) is 7.95. The van der Waals surface area contributed by atoms with E-state index in [0.29, 0.717) is 50.1 Å². The highest BCUT2D eigenvalue weighted by molar-refractivity contribution is 5.87. The van der Waals surface area contributed by atoms with E-state index in [9.17, 15) is 25.5 Å². The van der Waals surface area contributed by atoms with Crippen LogP contribution in [0.3, 0.4) is 0 Å². The summed E-state index contributed by atoms with van der Waals surface area (Å²) < 4.78 is 11.2. The lowest BCUT2D eigenvalue weighted by Gasteiger charge is -2.46. The number of H-pyrrole nitrogens is 1. The molecular weight excluding hydrogens is 747 g/mol. The van der Waals surface area contributed by atoms with Crippen LogP contribution in [-0.2, 0) is 30.5 Å². The third-order valence-corrected chi connectivity index (χ3v) is 12.7. The van der Waals surface area contributed by atoms with Crippen molar-refractivity contribution in [2.24, 2.45) is 17.3 Å². The van der Waals surface area contributed by atoms with Crippen molar-refractivity contribution < 1.29 is 39.8 Å². The summed E-state index contributed by atoms with van der Waals surface area (Å²) in [6.07, 6.45) is 11.2. The van der Waals surface area contributed by atoms with E-state index in [0.717, 1.165) is 70.4 Å². The highest BCUT2D eigenvalue weighted by Crippen LogP contribution is 2.58. The molecule has 1 aromatic heterocycles. The fourth-order valence-corrected chi connectivity index (χ4v) is 9.96. The van der Waals surface area contributed by atoms with Crippen LogP contribution in [0.4, 0.5) is 5.69 Å². The smallest absolute Gasteiger partial charge is 0.200 e. The van der Waals surface area contributed by atoms with Gasteiger partial charge in [-0.3, -0.25) is 4.79 Å². The third-order valence-electron chi connectivity index (χ3n) is 12.7. The molecule has 1 saturated carbocycles. The molecule has 2 aliphatic heterocycles. The summed E-state index contributed by atoms with van der Waals surface area (Å²) in [6, 6.07) is 22.0. The monoisotopic (exact) mass is 799 g/mol. The van der Waals surface area contributed by atoms with Gasteiger partial charge in [-0.05, 0) is 145 Å². The van der Waals surface area contributed by atoms with Gasteiger partial charge in [0.05, 0.1) is 25.7 Å². The molecule has 0 amide bonds. The first-order chi connectivity index (χ1) is 28.6. The summed E-state index contributed by atoms with van der Waals surface area (Å²) in [5.74, 6) is 0.238. The summed E-state index contributed by atoms with van der Waals surface area (Å²) in [4.78, 5) is 18.6. The maximum atomic E-state index is 15.2. The zero-order chi connectivity index (χ0) is 41.1. The Morgan fingerprint density at radius 1 is 0.983 bits per heavy atom. The molecule has 11 nitrogen and oxygen atoms in total. The Morgan fingerprint density at radius 2 is 1.83 bits per heavy atom. The average Bonchev–Trinajstić information content (AvgIpc) is 3.92. The second-order valence-electron chi connectivity index (χ2n) is 16.2. The first-order valence-electron chi connectivity index (χ1n) is 20.7. The highest BCUT2D eigenvalue weighted by Gasteiger charge is 2.55. The molecule has 5 aromatic rings. The number of aromatic amines is 1. The fraction of sp³-hybridized carbons (Fsp3) is 0.354. The second kappa shape index (κ2) is 17.0. The minimum absolute atomic E-state index is 0.0209. The Morgan fingerprint density at radius 3 is 2.66 bits per heavy atom. The molecule has 0 radical (unpaired) electrons. The number of hydrogen-bond acceptors (Lipinski definition) is 10. The van der Waals surface area contributed by atoms with Crippen molar-refractivity contribution >= 4 is 22.2 Å². The van der Waals surface area contributed by atoms with Crippen LogP contribution in [0.5, 0.6) is 34.5 Å². The van der Waals surface area contributed by atoms with Gasteiger partial charge in [0, 0.05) is 41.5 Å². The number of carbonyl (C=O) groups excluding carboxylic acids is 1. The van der Waals surface area contributed by atoms with Crippen molar-refractivity contribution in [2.45, 2.75) is 70.3 Å². The number of dihydropyridines is 1. The van der Waals surface area contributed by atoms with Crippen LogP contribution in [-0.4, -0.2) is 62.7 Å². The van der Waals surface area contributed by atoms with Crippen LogP contribution in [0.15, 0.2) is 103 Å². The van der Waals surface area contributed by atoms with E-state index < -0.39 is 17.4 Å². The van der Waals surface area contributed by atoms with Crippen LogP contribution >= 0.6 is 0 Å². The topological polar surface area (TPSA) is 177 Å². The molecule has 3 heterocycles. The zero-order valence-corrected chi connectivity index (χ0v) is 33.3. The minimum atomic E-state index is -1.01. The number of ketones is 1. The Labute approximate surface area is 344 Å². The molecule has 1 aliphatic carbocycles. The number of aromatic nitrogens is 1. The molecule has 0 bridgehead atoms. The van der Waals surface area contributed by atoms with Gasteiger partial charge in [0.25, 0.3) is 0 Å². The maximum Gasteiger partial charge on any atom is 0.200 e. The molecule has 8 N–H and O–H groups in total. The molecule has 4 aromatic carbocycles. The van der Waals surface area contributed by atoms with Crippen LogP contribution < -0.4 is 20.1 Å². The predicted molar refractivity (Wildman–Crippen MR) is 227 cm³/mol. The second-order valence-corrected chi connectivity index (χ2v) is 16.2. The number of anilines is 1. The minimum Gasteiger partial charge on any atom is -0.508 e. The summed E-state index contributed by atoms with van der Waals surface area (Å²) >= 11 is 0. The molecule has 3 aliphatic rings. The van der Waals surface area contributed by atoms with Gasteiger partial charge in [0.2, 0.25) is 5.75 Å². The number of aliphatic hydroxyl groups excluding tert-OH is 1. The van der Waals surface area contributed by atoms with Crippen molar-refractivity contribution in [3.8, 4) is 34.5 Å². The van der Waals surface area contributed by atoms with Gasteiger partial charge in [-0.1, -0.05) is 30.7 Å². The first-order valence-corrected chi connectivity index (χ1v) is 20.7. The molecule has 4 atom stereocenters. The normalized spacial score (nSPS) is 19.8. The molecule has 11 heteroatoms. The van der Waals surface area contributed by atoms with E-state index in [1.807, 2.05) is 42.6 Å². The van der Waals surface area contributed by atoms with Crippen LogP contribution in [0.25, 0.3) is 10.8 Å². The Kier molecular flexibility index (Phi) is 11.5. The summed E-state index contributed by atoms with van der Waals surface area (Å²) in [6.45, 7) is 1.06. The molecule has 0 spiro atoms. The van der Waals surface area contributed by atoms with E-state index in [2.05, 4.69) is 33.8 Å². The van der Waals surface area contributed by atoms with E-state index in [-0.39, 0.29) is 53.3 Å². The Bertz CT molecular complexity index is 2390. The van der Waals surface area contributed by atoms with Crippen LogP contribution in [0, 0.1) is 17.3 Å². The lowest BCUT2D eigenvalue weighted by atomic mass is 9.58. The number of phenolic OH excluding ortho intramolecular Hbond substituents is 4. The van der Waals surface area contributed by atoms with E-state index in [4.69, 9.17) is 9.47 Å². The molecule has 8 rings (SSSR count). The fourth-order valence-electron chi connectivity index (χ4n) is 9.96. The number of aryl methyl sites for hydroxylation is 2. The number of benzene rings is 4. The van der Waals surface area contributed by atoms with Gasteiger partial charge in [0.15, 0.2) is 23.0 Å². The van der Waals surface area contributed by atoms with Crippen molar-refractivity contribution in [1.82, 2.24) is 10.3 Å². The number of allylic oxidation sites excluding steroid dienone is 2. The van der Waals surface area contributed by atoms with E-state index >= 15 is 4.79 Å². The third kappa shape index (κ3) is 8.16. The van der Waals surface area contributed by atoms with Gasteiger partial charge in [-0.25, -0.2) is 0 Å². The highest BCUT2D eigenvalue weighted by atomic mass is 16.5. The van der Waals surface area contributed by atoms with Crippen molar-refractivity contribution in [3.05, 3.63) is 125 Å². The van der Waals surface area contributed by atoms with Crippen molar-refractivity contribution in [1.29, 1.82) is 0 Å². The number of nitrogens with one attached hydrogen (secondary N) is 3. The number of hydrogen-bond donors (Lipinski definition) is 8. The molecule has 59 heavy (non-hydrogen) atoms. The number of carbonyl (C=O) groups is 1. The largest absolute Gasteiger partial charge is 0.508 e. The number of phenols is 4. The van der Waals surface area contributed by atoms with Crippen molar-refractivity contribution in [2.75, 3.05) is 25.6 Å². The number of methoxy groups -OCH3 is 1. The number of ether oxygens (including phenoxy) is 2. The summed E-state index contributed by atoms with van der Waals surface area (Å²) in [5, 5.41) is 63.0. The zero-order valence-electron chi connectivity index (χ0n) is 33.3. The van der Waals surface area contributed by atoms with Crippen LogP contribution in [0.1, 0.15) is 60.9 Å². The molecule has 4 unspecified atom stereocenters.